The Morgan fingerprint density at radius 3 is 2.45 bits per heavy atom. The highest BCUT2D eigenvalue weighted by molar-refractivity contribution is 9.10. The zero-order chi connectivity index (χ0) is 14.9. The predicted octanol–water partition coefficient (Wildman–Crippen LogP) is 4.60. The molecule has 0 aliphatic carbocycles. The van der Waals surface area contributed by atoms with Crippen LogP contribution in [0.1, 0.15) is 21.5 Å². The van der Waals surface area contributed by atoms with Crippen molar-refractivity contribution < 1.29 is 13.6 Å². The van der Waals surface area contributed by atoms with Gasteiger partial charge in [0, 0.05) is 16.2 Å². The van der Waals surface area contributed by atoms with Gasteiger partial charge in [0.15, 0.2) is 0 Å². The SMILES string of the molecule is Cc1cc(C(=O)Nc2cc(Br)ccc2C)c(F)cc1F. The lowest BCUT2D eigenvalue weighted by Gasteiger charge is -2.10. The number of hydrogen-bond donors (Lipinski definition) is 1. The van der Waals surface area contributed by atoms with Gasteiger partial charge in [-0.05, 0) is 43.2 Å². The maximum absolute atomic E-state index is 13.7. The molecule has 0 spiro atoms. The van der Waals surface area contributed by atoms with Crippen LogP contribution in [0, 0.1) is 25.5 Å². The Labute approximate surface area is 123 Å². The zero-order valence-electron chi connectivity index (χ0n) is 10.9. The third-order valence-electron chi connectivity index (χ3n) is 2.94. The van der Waals surface area contributed by atoms with Crippen LogP contribution in [0.4, 0.5) is 14.5 Å². The van der Waals surface area contributed by atoms with Gasteiger partial charge in [0.25, 0.3) is 5.91 Å². The van der Waals surface area contributed by atoms with Crippen LogP contribution in [0.5, 0.6) is 0 Å². The molecule has 5 heteroatoms. The number of halogens is 3. The minimum atomic E-state index is -0.877. The number of benzene rings is 2. The van der Waals surface area contributed by atoms with Crippen molar-refractivity contribution in [2.45, 2.75) is 13.8 Å². The lowest BCUT2D eigenvalue weighted by Crippen LogP contribution is -2.15. The number of nitrogens with one attached hydrogen (secondary N) is 1. The van der Waals surface area contributed by atoms with E-state index in [4.69, 9.17) is 0 Å². The molecule has 0 saturated heterocycles. The molecule has 2 aromatic rings. The molecule has 0 aliphatic heterocycles. The Kier molecular flexibility index (Phi) is 4.18. The summed E-state index contributed by atoms with van der Waals surface area (Å²) in [5.74, 6) is -2.15. The summed E-state index contributed by atoms with van der Waals surface area (Å²) in [7, 11) is 0. The fraction of sp³-hybridized carbons (Fsp3) is 0.133. The molecule has 104 valence electrons. The normalized spacial score (nSPS) is 10.4. The van der Waals surface area contributed by atoms with E-state index in [1.165, 1.54) is 13.0 Å². The topological polar surface area (TPSA) is 29.1 Å². The van der Waals surface area contributed by atoms with Gasteiger partial charge >= 0.3 is 0 Å². The van der Waals surface area contributed by atoms with E-state index in [0.29, 0.717) is 5.69 Å². The first-order valence-corrected chi connectivity index (χ1v) is 6.71. The molecule has 0 heterocycles. The van der Waals surface area contributed by atoms with Gasteiger partial charge in [-0.1, -0.05) is 22.0 Å². The second-order valence-corrected chi connectivity index (χ2v) is 5.41. The molecule has 0 bridgehead atoms. The van der Waals surface area contributed by atoms with E-state index in [1.807, 2.05) is 19.1 Å². The van der Waals surface area contributed by atoms with E-state index in [0.717, 1.165) is 16.1 Å². The van der Waals surface area contributed by atoms with E-state index in [2.05, 4.69) is 21.2 Å². The molecule has 0 saturated carbocycles. The summed E-state index contributed by atoms with van der Waals surface area (Å²) in [6, 6.07) is 7.31. The number of carbonyl (C=O) groups is 1. The molecular weight excluding hydrogens is 328 g/mol. The summed E-state index contributed by atoms with van der Waals surface area (Å²) in [5, 5.41) is 2.62. The standard InChI is InChI=1S/C15H12BrF2NO/c1-8-3-4-10(16)6-14(8)19-15(20)11-5-9(2)12(17)7-13(11)18/h3-7H,1-2H3,(H,19,20). The maximum Gasteiger partial charge on any atom is 0.258 e. The van der Waals surface area contributed by atoms with E-state index < -0.39 is 17.5 Å². The van der Waals surface area contributed by atoms with Gasteiger partial charge in [-0.15, -0.1) is 0 Å². The third-order valence-corrected chi connectivity index (χ3v) is 3.43. The Morgan fingerprint density at radius 1 is 1.05 bits per heavy atom. The summed E-state index contributed by atoms with van der Waals surface area (Å²) >= 11 is 3.30. The highest BCUT2D eigenvalue weighted by Crippen LogP contribution is 2.22. The van der Waals surface area contributed by atoms with Crippen molar-refractivity contribution in [2.24, 2.45) is 0 Å². The lowest BCUT2D eigenvalue weighted by atomic mass is 10.1. The molecule has 2 nitrogen and oxygen atoms in total. The highest BCUT2D eigenvalue weighted by Gasteiger charge is 2.15. The smallest absolute Gasteiger partial charge is 0.258 e. The van der Waals surface area contributed by atoms with Crippen LogP contribution in [0.15, 0.2) is 34.8 Å². The van der Waals surface area contributed by atoms with Crippen molar-refractivity contribution in [2.75, 3.05) is 5.32 Å². The van der Waals surface area contributed by atoms with Crippen molar-refractivity contribution in [3.8, 4) is 0 Å². The Balaban J connectivity index is 2.33. The van der Waals surface area contributed by atoms with E-state index in [-0.39, 0.29) is 11.1 Å². The molecule has 1 amide bonds. The number of anilines is 1. The van der Waals surface area contributed by atoms with Gasteiger partial charge in [0.2, 0.25) is 0 Å². The predicted molar refractivity (Wildman–Crippen MR) is 77.9 cm³/mol. The van der Waals surface area contributed by atoms with Gasteiger partial charge in [-0.3, -0.25) is 4.79 Å². The monoisotopic (exact) mass is 339 g/mol. The molecule has 0 unspecified atom stereocenters. The second-order valence-electron chi connectivity index (χ2n) is 4.49. The quantitative estimate of drug-likeness (QED) is 0.851. The average Bonchev–Trinajstić information content (AvgIpc) is 2.38. The van der Waals surface area contributed by atoms with Gasteiger partial charge < -0.3 is 5.32 Å². The highest BCUT2D eigenvalue weighted by atomic mass is 79.9. The number of carbonyl (C=O) groups excluding carboxylic acids is 1. The summed E-state index contributed by atoms with van der Waals surface area (Å²) in [6.07, 6.45) is 0. The Morgan fingerprint density at radius 2 is 1.75 bits per heavy atom. The number of amides is 1. The minimum Gasteiger partial charge on any atom is -0.322 e. The first-order chi connectivity index (χ1) is 9.38. The van der Waals surface area contributed by atoms with Crippen molar-refractivity contribution in [1.82, 2.24) is 0 Å². The van der Waals surface area contributed by atoms with Crippen LogP contribution in [0.2, 0.25) is 0 Å². The number of hydrogen-bond acceptors (Lipinski definition) is 1. The fourth-order valence-electron chi connectivity index (χ4n) is 1.75. The molecule has 0 aromatic heterocycles. The number of rotatable bonds is 2. The van der Waals surface area contributed by atoms with Crippen LogP contribution < -0.4 is 5.32 Å². The summed E-state index contributed by atoms with van der Waals surface area (Å²) in [6.45, 7) is 3.31. The van der Waals surface area contributed by atoms with Gasteiger partial charge in [-0.25, -0.2) is 8.78 Å². The van der Waals surface area contributed by atoms with E-state index in [9.17, 15) is 13.6 Å². The first kappa shape index (κ1) is 14.7. The van der Waals surface area contributed by atoms with Gasteiger partial charge in [0.05, 0.1) is 5.56 Å². The minimum absolute atomic E-state index is 0.178. The van der Waals surface area contributed by atoms with Crippen molar-refractivity contribution >= 4 is 27.5 Å². The van der Waals surface area contributed by atoms with Crippen LogP contribution in [0.3, 0.4) is 0 Å². The fourth-order valence-corrected chi connectivity index (χ4v) is 2.11. The van der Waals surface area contributed by atoms with Gasteiger partial charge in [0.1, 0.15) is 11.6 Å². The molecule has 2 aromatic carbocycles. The molecular formula is C15H12BrF2NO. The van der Waals surface area contributed by atoms with Crippen LogP contribution in [0.25, 0.3) is 0 Å². The third kappa shape index (κ3) is 3.04. The van der Waals surface area contributed by atoms with Crippen LogP contribution >= 0.6 is 15.9 Å². The van der Waals surface area contributed by atoms with E-state index >= 15 is 0 Å². The second kappa shape index (κ2) is 5.71. The molecule has 1 N–H and O–H groups in total. The Hall–Kier alpha value is -1.75. The van der Waals surface area contributed by atoms with Crippen LogP contribution in [-0.2, 0) is 0 Å². The van der Waals surface area contributed by atoms with Crippen LogP contribution in [-0.4, -0.2) is 5.91 Å². The maximum atomic E-state index is 13.7. The zero-order valence-corrected chi connectivity index (χ0v) is 12.5. The first-order valence-electron chi connectivity index (χ1n) is 5.91. The van der Waals surface area contributed by atoms with Gasteiger partial charge in [-0.2, -0.15) is 0 Å². The summed E-state index contributed by atoms with van der Waals surface area (Å²) in [4.78, 5) is 12.1. The molecule has 0 fully saturated rings. The Bertz CT molecular complexity index is 686. The molecule has 0 aliphatic rings. The molecule has 20 heavy (non-hydrogen) atoms. The van der Waals surface area contributed by atoms with E-state index in [1.54, 1.807) is 6.07 Å². The van der Waals surface area contributed by atoms with Crippen molar-refractivity contribution in [3.63, 3.8) is 0 Å². The molecule has 2 rings (SSSR count). The number of aryl methyl sites for hydroxylation is 2. The van der Waals surface area contributed by atoms with Crippen molar-refractivity contribution in [1.29, 1.82) is 0 Å². The molecule has 0 atom stereocenters. The molecule has 0 radical (unpaired) electrons. The average molecular weight is 340 g/mol. The largest absolute Gasteiger partial charge is 0.322 e. The van der Waals surface area contributed by atoms with Crippen molar-refractivity contribution in [3.05, 3.63) is 63.1 Å². The summed E-state index contributed by atoms with van der Waals surface area (Å²) in [5.41, 5.74) is 1.47. The lowest BCUT2D eigenvalue weighted by molar-refractivity contribution is 0.102. The summed E-state index contributed by atoms with van der Waals surface area (Å²) < 4.78 is 27.6.